The summed E-state index contributed by atoms with van der Waals surface area (Å²) in [5.74, 6) is 0. The summed E-state index contributed by atoms with van der Waals surface area (Å²) in [6.45, 7) is 3.75. The molecule has 0 aromatic carbocycles. The van der Waals surface area contributed by atoms with Crippen LogP contribution >= 0.6 is 15.9 Å². The van der Waals surface area contributed by atoms with Crippen LogP contribution in [0.25, 0.3) is 0 Å². The molecule has 0 spiro atoms. The molecular weight excluding hydrogens is 190 g/mol. The fourth-order valence-corrected chi connectivity index (χ4v) is 0.970. The maximum atomic E-state index is 4.18. The topological polar surface area (TPSA) is 12.9 Å². The van der Waals surface area contributed by atoms with Crippen molar-refractivity contribution in [2.24, 2.45) is 0 Å². The van der Waals surface area contributed by atoms with Crippen LogP contribution in [0.2, 0.25) is 0 Å². The maximum Gasteiger partial charge on any atom is 0.0413 e. The standard InChI is InChI=1S/C8H9BrN/c1-2-3-8-5-4-7(9)6-10-8/h4-6H,1-3H2. The monoisotopic (exact) mass is 198 g/mol. The van der Waals surface area contributed by atoms with Crippen molar-refractivity contribution in [3.63, 3.8) is 0 Å². The molecule has 0 aliphatic rings. The molecule has 0 saturated carbocycles. The Morgan fingerprint density at radius 1 is 1.50 bits per heavy atom. The Bertz CT molecular complexity index is 193. The van der Waals surface area contributed by atoms with E-state index in [0.29, 0.717) is 0 Å². The minimum Gasteiger partial charge on any atom is -0.260 e. The summed E-state index contributed by atoms with van der Waals surface area (Å²) in [6, 6.07) is 4.01. The molecule has 53 valence electrons. The Morgan fingerprint density at radius 2 is 2.30 bits per heavy atom. The van der Waals surface area contributed by atoms with Crippen molar-refractivity contribution in [2.75, 3.05) is 0 Å². The van der Waals surface area contributed by atoms with Gasteiger partial charge in [-0.05, 0) is 40.9 Å². The molecule has 0 bridgehead atoms. The predicted octanol–water partition coefficient (Wildman–Crippen LogP) is 2.61. The molecule has 0 unspecified atom stereocenters. The molecule has 2 heteroatoms. The van der Waals surface area contributed by atoms with E-state index in [2.05, 4.69) is 27.8 Å². The van der Waals surface area contributed by atoms with Gasteiger partial charge in [0.25, 0.3) is 0 Å². The highest BCUT2D eigenvalue weighted by molar-refractivity contribution is 9.10. The van der Waals surface area contributed by atoms with E-state index in [1.165, 1.54) is 0 Å². The average Bonchev–Trinajstić information content (AvgIpc) is 1.95. The maximum absolute atomic E-state index is 4.18. The van der Waals surface area contributed by atoms with Crippen LogP contribution in [0.5, 0.6) is 0 Å². The Balaban J connectivity index is 2.69. The smallest absolute Gasteiger partial charge is 0.0413 e. The second kappa shape index (κ2) is 3.71. The highest BCUT2D eigenvalue weighted by Gasteiger charge is 1.90. The number of hydrogen-bond donors (Lipinski definition) is 0. The fraction of sp³-hybridized carbons (Fsp3) is 0.250. The van der Waals surface area contributed by atoms with E-state index in [0.717, 1.165) is 23.0 Å². The zero-order valence-corrected chi connectivity index (χ0v) is 7.26. The van der Waals surface area contributed by atoms with E-state index in [1.807, 2.05) is 18.3 Å². The minimum absolute atomic E-state index is 0.911. The van der Waals surface area contributed by atoms with Gasteiger partial charge in [0.1, 0.15) is 0 Å². The number of rotatable bonds is 2. The number of aryl methyl sites for hydroxylation is 1. The van der Waals surface area contributed by atoms with Gasteiger partial charge in [-0.1, -0.05) is 6.92 Å². The Kier molecular flexibility index (Phi) is 2.87. The van der Waals surface area contributed by atoms with E-state index >= 15 is 0 Å². The van der Waals surface area contributed by atoms with Crippen molar-refractivity contribution in [3.8, 4) is 0 Å². The fourth-order valence-electron chi connectivity index (χ4n) is 0.735. The zero-order valence-electron chi connectivity index (χ0n) is 5.68. The van der Waals surface area contributed by atoms with E-state index < -0.39 is 0 Å². The molecule has 1 radical (unpaired) electrons. The highest BCUT2D eigenvalue weighted by Crippen LogP contribution is 2.07. The van der Waals surface area contributed by atoms with E-state index in [-0.39, 0.29) is 0 Å². The summed E-state index contributed by atoms with van der Waals surface area (Å²) in [5, 5.41) is 0. The third-order valence-corrected chi connectivity index (χ3v) is 1.69. The van der Waals surface area contributed by atoms with Crippen LogP contribution in [0, 0.1) is 6.92 Å². The van der Waals surface area contributed by atoms with Crippen LogP contribution in [0.3, 0.4) is 0 Å². The predicted molar refractivity (Wildman–Crippen MR) is 45.6 cm³/mol. The van der Waals surface area contributed by atoms with Crippen LogP contribution in [-0.4, -0.2) is 4.98 Å². The van der Waals surface area contributed by atoms with Crippen LogP contribution in [0.1, 0.15) is 12.1 Å². The van der Waals surface area contributed by atoms with Gasteiger partial charge in [-0.2, -0.15) is 0 Å². The molecule has 0 fully saturated rings. The van der Waals surface area contributed by atoms with Gasteiger partial charge < -0.3 is 0 Å². The first-order valence-corrected chi connectivity index (χ1v) is 4.02. The molecule has 1 rings (SSSR count). The molecule has 0 N–H and O–H groups in total. The molecular formula is C8H9BrN. The van der Waals surface area contributed by atoms with E-state index in [1.54, 1.807) is 0 Å². The molecule has 10 heavy (non-hydrogen) atoms. The van der Waals surface area contributed by atoms with Crippen molar-refractivity contribution < 1.29 is 0 Å². The first-order chi connectivity index (χ1) is 4.83. The lowest BCUT2D eigenvalue weighted by atomic mass is 10.2. The normalized spacial score (nSPS) is 9.80. The minimum atomic E-state index is 0.911. The lowest BCUT2D eigenvalue weighted by molar-refractivity contribution is 0.940. The van der Waals surface area contributed by atoms with Crippen molar-refractivity contribution >= 4 is 15.9 Å². The molecule has 1 nitrogen and oxygen atoms in total. The summed E-state index contributed by atoms with van der Waals surface area (Å²) in [5.41, 5.74) is 1.11. The third kappa shape index (κ3) is 2.10. The number of nitrogens with zero attached hydrogens (tertiary/aromatic N) is 1. The summed E-state index contributed by atoms with van der Waals surface area (Å²) in [6.07, 6.45) is 3.69. The molecule has 0 amide bonds. The highest BCUT2D eigenvalue weighted by atomic mass is 79.9. The Labute approximate surface area is 69.6 Å². The van der Waals surface area contributed by atoms with Crippen LogP contribution < -0.4 is 0 Å². The first-order valence-electron chi connectivity index (χ1n) is 3.22. The van der Waals surface area contributed by atoms with E-state index in [9.17, 15) is 0 Å². The SMILES string of the molecule is [CH2]CCc1ccc(Br)cn1. The Hall–Kier alpha value is -0.370. The van der Waals surface area contributed by atoms with Gasteiger partial charge in [-0.15, -0.1) is 0 Å². The molecule has 0 aliphatic heterocycles. The molecule has 0 saturated heterocycles. The quantitative estimate of drug-likeness (QED) is 0.713. The lowest BCUT2D eigenvalue weighted by Crippen LogP contribution is -1.86. The zero-order chi connectivity index (χ0) is 7.40. The number of halogens is 1. The second-order valence-electron chi connectivity index (χ2n) is 2.07. The van der Waals surface area contributed by atoms with Crippen molar-refractivity contribution in [1.82, 2.24) is 4.98 Å². The van der Waals surface area contributed by atoms with Crippen LogP contribution in [0.4, 0.5) is 0 Å². The lowest BCUT2D eigenvalue weighted by Gasteiger charge is -1.95. The number of aromatic nitrogens is 1. The van der Waals surface area contributed by atoms with Gasteiger partial charge in [0, 0.05) is 16.4 Å². The molecule has 1 aromatic heterocycles. The van der Waals surface area contributed by atoms with Gasteiger partial charge in [0.05, 0.1) is 0 Å². The van der Waals surface area contributed by atoms with Crippen LogP contribution in [-0.2, 0) is 6.42 Å². The Morgan fingerprint density at radius 3 is 2.80 bits per heavy atom. The molecule has 0 aliphatic carbocycles. The van der Waals surface area contributed by atoms with Gasteiger partial charge in [-0.3, -0.25) is 4.98 Å². The second-order valence-corrected chi connectivity index (χ2v) is 2.99. The van der Waals surface area contributed by atoms with Crippen molar-refractivity contribution in [3.05, 3.63) is 35.4 Å². The average molecular weight is 199 g/mol. The van der Waals surface area contributed by atoms with Crippen molar-refractivity contribution in [2.45, 2.75) is 12.8 Å². The molecule has 1 heterocycles. The molecule has 0 atom stereocenters. The van der Waals surface area contributed by atoms with Gasteiger partial charge in [0.2, 0.25) is 0 Å². The van der Waals surface area contributed by atoms with E-state index in [4.69, 9.17) is 0 Å². The largest absolute Gasteiger partial charge is 0.260 e. The number of pyridine rings is 1. The summed E-state index contributed by atoms with van der Waals surface area (Å²) in [7, 11) is 0. The summed E-state index contributed by atoms with van der Waals surface area (Å²) >= 11 is 3.32. The third-order valence-electron chi connectivity index (χ3n) is 1.22. The van der Waals surface area contributed by atoms with Gasteiger partial charge >= 0.3 is 0 Å². The number of hydrogen-bond acceptors (Lipinski definition) is 1. The van der Waals surface area contributed by atoms with Gasteiger partial charge in [-0.25, -0.2) is 0 Å². The first kappa shape index (κ1) is 7.73. The van der Waals surface area contributed by atoms with Gasteiger partial charge in [0.15, 0.2) is 0 Å². The van der Waals surface area contributed by atoms with Crippen LogP contribution in [0.15, 0.2) is 22.8 Å². The summed E-state index contributed by atoms with van der Waals surface area (Å²) in [4.78, 5) is 4.18. The molecule has 1 aromatic rings. The van der Waals surface area contributed by atoms with Crippen molar-refractivity contribution in [1.29, 1.82) is 0 Å². The summed E-state index contributed by atoms with van der Waals surface area (Å²) < 4.78 is 1.03.